The molecule has 21 heavy (non-hydrogen) atoms. The first-order chi connectivity index (χ1) is 9.96. The zero-order valence-electron chi connectivity index (χ0n) is 14.5. The fourth-order valence-corrected chi connectivity index (χ4v) is 2.51. The maximum absolute atomic E-state index is 5.41. The van der Waals surface area contributed by atoms with Crippen LogP contribution in [0, 0.1) is 5.92 Å². The second kappa shape index (κ2) is 9.26. The summed E-state index contributed by atoms with van der Waals surface area (Å²) in [5.74, 6) is 1.47. The van der Waals surface area contributed by atoms with Crippen molar-refractivity contribution >= 4 is 5.96 Å². The minimum absolute atomic E-state index is 0.183. The summed E-state index contributed by atoms with van der Waals surface area (Å²) in [7, 11) is 3.54. The van der Waals surface area contributed by atoms with Crippen LogP contribution in [0.25, 0.3) is 0 Å². The summed E-state index contributed by atoms with van der Waals surface area (Å²) >= 11 is 0. The van der Waals surface area contributed by atoms with E-state index < -0.39 is 0 Å². The summed E-state index contributed by atoms with van der Waals surface area (Å²) in [5, 5.41) is 6.73. The standard InChI is InChI=1S/C16H34N4O/c1-14(12-20-9-7-6-8-10-20)11-18-15(17-4)19-13-16(2,3)21-5/h14H,6-13H2,1-5H3,(H2,17,18,19). The van der Waals surface area contributed by atoms with Gasteiger partial charge in [0.1, 0.15) is 0 Å². The van der Waals surface area contributed by atoms with Gasteiger partial charge in [-0.1, -0.05) is 13.3 Å². The van der Waals surface area contributed by atoms with E-state index in [-0.39, 0.29) is 5.60 Å². The highest BCUT2D eigenvalue weighted by Gasteiger charge is 2.17. The fraction of sp³-hybridized carbons (Fsp3) is 0.938. The van der Waals surface area contributed by atoms with Gasteiger partial charge in [0.25, 0.3) is 0 Å². The molecule has 1 rings (SSSR count). The van der Waals surface area contributed by atoms with Crippen molar-refractivity contribution in [2.75, 3.05) is 46.9 Å². The van der Waals surface area contributed by atoms with Crippen LogP contribution in [0.3, 0.4) is 0 Å². The number of ether oxygens (including phenoxy) is 1. The number of hydrogen-bond acceptors (Lipinski definition) is 3. The van der Waals surface area contributed by atoms with Gasteiger partial charge in [-0.25, -0.2) is 0 Å². The molecule has 0 aromatic heterocycles. The highest BCUT2D eigenvalue weighted by Crippen LogP contribution is 2.10. The number of aliphatic imine (C=N–C) groups is 1. The predicted molar refractivity (Wildman–Crippen MR) is 89.9 cm³/mol. The van der Waals surface area contributed by atoms with Crippen molar-refractivity contribution in [3.05, 3.63) is 0 Å². The second-order valence-corrected chi connectivity index (χ2v) is 6.74. The maximum atomic E-state index is 5.41. The molecule has 0 aromatic rings. The summed E-state index contributed by atoms with van der Waals surface area (Å²) in [4.78, 5) is 6.85. The van der Waals surface area contributed by atoms with Gasteiger partial charge < -0.3 is 20.3 Å². The molecule has 1 aliphatic rings. The molecule has 2 N–H and O–H groups in total. The highest BCUT2D eigenvalue weighted by molar-refractivity contribution is 5.79. The first-order valence-corrected chi connectivity index (χ1v) is 8.19. The van der Waals surface area contributed by atoms with Crippen molar-refractivity contribution in [2.45, 2.75) is 45.6 Å². The Morgan fingerprint density at radius 1 is 1.24 bits per heavy atom. The molecule has 1 aliphatic heterocycles. The van der Waals surface area contributed by atoms with Gasteiger partial charge in [-0.15, -0.1) is 0 Å². The molecule has 0 spiro atoms. The number of hydrogen-bond donors (Lipinski definition) is 2. The van der Waals surface area contributed by atoms with Crippen LogP contribution < -0.4 is 10.6 Å². The molecule has 1 atom stereocenters. The third-order valence-electron chi connectivity index (χ3n) is 4.09. The van der Waals surface area contributed by atoms with Crippen LogP contribution in [-0.2, 0) is 4.74 Å². The van der Waals surface area contributed by atoms with Crippen LogP contribution in [0.5, 0.6) is 0 Å². The molecular weight excluding hydrogens is 264 g/mol. The first-order valence-electron chi connectivity index (χ1n) is 8.19. The molecule has 124 valence electrons. The van der Waals surface area contributed by atoms with Crippen molar-refractivity contribution in [3.63, 3.8) is 0 Å². The van der Waals surface area contributed by atoms with Crippen molar-refractivity contribution in [1.29, 1.82) is 0 Å². The summed E-state index contributed by atoms with van der Waals surface area (Å²) < 4.78 is 5.41. The Morgan fingerprint density at radius 3 is 2.48 bits per heavy atom. The number of piperidine rings is 1. The Labute approximate surface area is 130 Å². The van der Waals surface area contributed by atoms with Crippen molar-refractivity contribution in [1.82, 2.24) is 15.5 Å². The number of guanidine groups is 1. The van der Waals surface area contributed by atoms with E-state index in [0.29, 0.717) is 5.92 Å². The number of nitrogens with one attached hydrogen (secondary N) is 2. The van der Waals surface area contributed by atoms with Gasteiger partial charge in [0.15, 0.2) is 5.96 Å². The summed E-state index contributed by atoms with van der Waals surface area (Å²) in [5.41, 5.74) is -0.183. The van der Waals surface area contributed by atoms with E-state index in [0.717, 1.165) is 19.0 Å². The summed E-state index contributed by atoms with van der Waals surface area (Å²) in [6.45, 7) is 11.8. The van der Waals surface area contributed by atoms with E-state index in [1.165, 1.54) is 38.9 Å². The van der Waals surface area contributed by atoms with Gasteiger partial charge in [-0.05, 0) is 45.7 Å². The second-order valence-electron chi connectivity index (χ2n) is 6.74. The highest BCUT2D eigenvalue weighted by atomic mass is 16.5. The molecule has 0 bridgehead atoms. The number of likely N-dealkylation sites (tertiary alicyclic amines) is 1. The van der Waals surface area contributed by atoms with Crippen LogP contribution in [0.2, 0.25) is 0 Å². The van der Waals surface area contributed by atoms with Crippen LogP contribution in [0.1, 0.15) is 40.0 Å². The molecule has 1 fully saturated rings. The van der Waals surface area contributed by atoms with Crippen LogP contribution >= 0.6 is 0 Å². The molecule has 0 saturated carbocycles. The number of rotatable bonds is 7. The van der Waals surface area contributed by atoms with E-state index in [2.05, 4.69) is 41.3 Å². The molecule has 0 aliphatic carbocycles. The Bertz CT molecular complexity index is 311. The SMILES string of the molecule is CN=C(NCC(C)CN1CCCCC1)NCC(C)(C)OC. The Kier molecular flexibility index (Phi) is 8.04. The largest absolute Gasteiger partial charge is 0.377 e. The quantitative estimate of drug-likeness (QED) is 0.555. The molecule has 0 amide bonds. The predicted octanol–water partition coefficient (Wildman–Crippen LogP) is 1.70. The van der Waals surface area contributed by atoms with Crippen LogP contribution in [0.4, 0.5) is 0 Å². The Hall–Kier alpha value is -0.810. The topological polar surface area (TPSA) is 48.9 Å². The van der Waals surface area contributed by atoms with Gasteiger partial charge in [-0.3, -0.25) is 4.99 Å². The molecule has 1 unspecified atom stereocenters. The van der Waals surface area contributed by atoms with E-state index in [1.54, 1.807) is 7.11 Å². The summed E-state index contributed by atoms with van der Waals surface area (Å²) in [6, 6.07) is 0. The molecule has 0 radical (unpaired) electrons. The van der Waals surface area contributed by atoms with E-state index in [1.807, 2.05) is 7.05 Å². The monoisotopic (exact) mass is 298 g/mol. The first kappa shape index (κ1) is 18.2. The van der Waals surface area contributed by atoms with Crippen LogP contribution in [0.15, 0.2) is 4.99 Å². The molecular formula is C16H34N4O. The maximum Gasteiger partial charge on any atom is 0.191 e. The Balaban J connectivity index is 2.24. The lowest BCUT2D eigenvalue weighted by Crippen LogP contribution is -2.47. The van der Waals surface area contributed by atoms with E-state index in [9.17, 15) is 0 Å². The smallest absolute Gasteiger partial charge is 0.191 e. The fourth-order valence-electron chi connectivity index (χ4n) is 2.51. The van der Waals surface area contributed by atoms with E-state index in [4.69, 9.17) is 4.74 Å². The van der Waals surface area contributed by atoms with Gasteiger partial charge in [0.2, 0.25) is 0 Å². The lowest BCUT2D eigenvalue weighted by atomic mass is 10.1. The van der Waals surface area contributed by atoms with Gasteiger partial charge in [0, 0.05) is 33.8 Å². The molecule has 5 heteroatoms. The average Bonchev–Trinajstić information content (AvgIpc) is 2.48. The average molecular weight is 298 g/mol. The molecule has 0 aromatic carbocycles. The lowest BCUT2D eigenvalue weighted by molar-refractivity contribution is 0.0268. The normalized spacial score (nSPS) is 19.4. The zero-order chi connectivity index (χ0) is 15.7. The summed E-state index contributed by atoms with van der Waals surface area (Å²) in [6.07, 6.45) is 4.11. The minimum Gasteiger partial charge on any atom is -0.377 e. The van der Waals surface area contributed by atoms with Gasteiger partial charge in [-0.2, -0.15) is 0 Å². The van der Waals surface area contributed by atoms with E-state index >= 15 is 0 Å². The number of methoxy groups -OCH3 is 1. The molecule has 5 nitrogen and oxygen atoms in total. The third-order valence-corrected chi connectivity index (χ3v) is 4.09. The van der Waals surface area contributed by atoms with Crippen molar-refractivity contribution < 1.29 is 4.74 Å². The lowest BCUT2D eigenvalue weighted by Gasteiger charge is -2.29. The third kappa shape index (κ3) is 7.67. The number of nitrogens with zero attached hydrogens (tertiary/aromatic N) is 2. The minimum atomic E-state index is -0.183. The molecule has 1 heterocycles. The zero-order valence-corrected chi connectivity index (χ0v) is 14.5. The Morgan fingerprint density at radius 2 is 1.90 bits per heavy atom. The molecule has 1 saturated heterocycles. The van der Waals surface area contributed by atoms with Gasteiger partial charge in [0.05, 0.1) is 5.60 Å². The van der Waals surface area contributed by atoms with Gasteiger partial charge >= 0.3 is 0 Å². The van der Waals surface area contributed by atoms with Crippen molar-refractivity contribution in [2.24, 2.45) is 10.9 Å². The van der Waals surface area contributed by atoms with Crippen molar-refractivity contribution in [3.8, 4) is 0 Å². The van der Waals surface area contributed by atoms with Crippen LogP contribution in [-0.4, -0.2) is 63.3 Å².